The normalized spacial score (nSPS) is 12.3. The van der Waals surface area contributed by atoms with Crippen molar-refractivity contribution in [1.82, 2.24) is 10.3 Å². The van der Waals surface area contributed by atoms with Gasteiger partial charge in [0, 0.05) is 17.2 Å². The number of nitrogens with one attached hydrogen (secondary N) is 1. The van der Waals surface area contributed by atoms with E-state index in [1.165, 1.54) is 6.26 Å². The number of fused-ring (bicyclic) bond motifs is 1. The van der Waals surface area contributed by atoms with E-state index in [1.807, 2.05) is 55.5 Å². The van der Waals surface area contributed by atoms with Gasteiger partial charge in [-0.3, -0.25) is 4.79 Å². The Morgan fingerprint density at radius 1 is 0.970 bits per heavy atom. The smallest absolute Gasteiger partial charge is 0.252 e. The fourth-order valence-electron chi connectivity index (χ4n) is 3.63. The van der Waals surface area contributed by atoms with Gasteiger partial charge in [-0.2, -0.15) is 0 Å². The Kier molecular flexibility index (Phi) is 6.16. The molecular formula is C26H24N2O4S. The molecule has 6 nitrogen and oxygen atoms in total. The van der Waals surface area contributed by atoms with Crippen LogP contribution >= 0.6 is 0 Å². The number of carbonyl (C=O) groups is 1. The van der Waals surface area contributed by atoms with Gasteiger partial charge in [0.05, 0.1) is 34.8 Å². The van der Waals surface area contributed by atoms with E-state index in [0.29, 0.717) is 11.3 Å². The molecule has 0 spiro atoms. The molecule has 0 aliphatic rings. The van der Waals surface area contributed by atoms with Gasteiger partial charge in [-0.05, 0) is 61.0 Å². The number of rotatable bonds is 6. The molecule has 1 atom stereocenters. The average Bonchev–Trinajstić information content (AvgIpc) is 2.82. The maximum atomic E-state index is 13.3. The third-order valence-electron chi connectivity index (χ3n) is 5.50. The summed E-state index contributed by atoms with van der Waals surface area (Å²) in [4.78, 5) is 18.3. The number of para-hydroxylation sites is 1. The fourth-order valence-corrected chi connectivity index (χ4v) is 4.26. The first-order valence-electron chi connectivity index (χ1n) is 10.4. The number of amides is 1. The molecule has 33 heavy (non-hydrogen) atoms. The molecule has 4 rings (SSSR count). The summed E-state index contributed by atoms with van der Waals surface area (Å²) in [6, 6.07) is 23.1. The second kappa shape index (κ2) is 9.03. The third kappa shape index (κ3) is 4.88. The van der Waals surface area contributed by atoms with Gasteiger partial charge >= 0.3 is 0 Å². The highest BCUT2D eigenvalue weighted by Crippen LogP contribution is 2.27. The molecule has 1 unspecified atom stereocenters. The van der Waals surface area contributed by atoms with Gasteiger partial charge in [0.1, 0.15) is 5.75 Å². The minimum absolute atomic E-state index is 0.233. The number of ether oxygens (including phenoxy) is 1. The van der Waals surface area contributed by atoms with Crippen molar-refractivity contribution in [3.63, 3.8) is 0 Å². The second-order valence-corrected chi connectivity index (χ2v) is 9.85. The molecular weight excluding hydrogens is 436 g/mol. The summed E-state index contributed by atoms with van der Waals surface area (Å²) in [7, 11) is -1.66. The van der Waals surface area contributed by atoms with E-state index in [2.05, 4.69) is 5.32 Å². The molecule has 0 fully saturated rings. The topological polar surface area (TPSA) is 85.4 Å². The molecule has 1 N–H and O–H groups in total. The molecule has 1 amide bonds. The van der Waals surface area contributed by atoms with Gasteiger partial charge in [0.2, 0.25) is 0 Å². The Labute approximate surface area is 193 Å². The Balaban J connectivity index is 1.66. The van der Waals surface area contributed by atoms with Crippen molar-refractivity contribution in [2.75, 3.05) is 13.4 Å². The lowest BCUT2D eigenvalue weighted by Crippen LogP contribution is -2.27. The molecule has 0 aliphatic heterocycles. The highest BCUT2D eigenvalue weighted by Gasteiger charge is 2.17. The Bertz CT molecular complexity index is 1410. The van der Waals surface area contributed by atoms with Crippen LogP contribution in [0.1, 0.15) is 28.9 Å². The summed E-state index contributed by atoms with van der Waals surface area (Å²) >= 11 is 0. The highest BCUT2D eigenvalue weighted by molar-refractivity contribution is 7.90. The standard InChI is InChI=1S/C26H24N2O4S/c1-17(18-10-14-21(15-11-18)33(3,30)31)27-26(29)23-16-25(19-8-12-20(32-2)13-9-19)28-24-7-5-4-6-22(23)24/h4-17H,1-3H3,(H,27,29). The van der Waals surface area contributed by atoms with E-state index in [4.69, 9.17) is 9.72 Å². The van der Waals surface area contributed by atoms with Gasteiger partial charge in [0.25, 0.3) is 5.91 Å². The fraction of sp³-hybridized carbons (Fsp3) is 0.154. The number of hydrogen-bond acceptors (Lipinski definition) is 5. The Morgan fingerprint density at radius 2 is 1.64 bits per heavy atom. The molecule has 1 aromatic heterocycles. The van der Waals surface area contributed by atoms with E-state index < -0.39 is 9.84 Å². The number of methoxy groups -OCH3 is 1. The summed E-state index contributed by atoms with van der Waals surface area (Å²) in [5, 5.41) is 3.78. The second-order valence-electron chi connectivity index (χ2n) is 7.84. The summed E-state index contributed by atoms with van der Waals surface area (Å²) < 4.78 is 28.6. The lowest BCUT2D eigenvalue weighted by molar-refractivity contribution is 0.0941. The van der Waals surface area contributed by atoms with Gasteiger partial charge in [-0.25, -0.2) is 13.4 Å². The van der Waals surface area contributed by atoms with Crippen LogP contribution in [0, 0.1) is 0 Å². The van der Waals surface area contributed by atoms with Crippen molar-refractivity contribution in [2.24, 2.45) is 0 Å². The molecule has 7 heteroatoms. The SMILES string of the molecule is COc1ccc(-c2cc(C(=O)NC(C)c3ccc(S(C)(=O)=O)cc3)c3ccccc3n2)cc1. The van der Waals surface area contributed by atoms with Crippen LogP contribution in [0.15, 0.2) is 83.8 Å². The zero-order valence-electron chi connectivity index (χ0n) is 18.6. The van der Waals surface area contributed by atoms with Crippen molar-refractivity contribution in [3.8, 4) is 17.0 Å². The first kappa shape index (κ1) is 22.5. The van der Waals surface area contributed by atoms with E-state index >= 15 is 0 Å². The largest absolute Gasteiger partial charge is 0.497 e. The predicted octanol–water partition coefficient (Wildman–Crippen LogP) is 4.80. The maximum absolute atomic E-state index is 13.3. The number of nitrogens with zero attached hydrogens (tertiary/aromatic N) is 1. The highest BCUT2D eigenvalue weighted by atomic mass is 32.2. The number of pyridine rings is 1. The van der Waals surface area contributed by atoms with Gasteiger partial charge in [-0.15, -0.1) is 0 Å². The molecule has 0 radical (unpaired) electrons. The monoisotopic (exact) mass is 460 g/mol. The lowest BCUT2D eigenvalue weighted by Gasteiger charge is -2.16. The van der Waals surface area contributed by atoms with Crippen LogP contribution in [0.4, 0.5) is 0 Å². The number of benzene rings is 3. The third-order valence-corrected chi connectivity index (χ3v) is 6.63. The molecule has 0 saturated carbocycles. The lowest BCUT2D eigenvalue weighted by atomic mass is 10.0. The average molecular weight is 461 g/mol. The van der Waals surface area contributed by atoms with Crippen LogP contribution in [0.5, 0.6) is 5.75 Å². The van der Waals surface area contributed by atoms with E-state index in [1.54, 1.807) is 37.4 Å². The molecule has 3 aromatic carbocycles. The molecule has 0 saturated heterocycles. The summed E-state index contributed by atoms with van der Waals surface area (Å²) in [5.41, 5.74) is 3.61. The Hall–Kier alpha value is -3.71. The van der Waals surface area contributed by atoms with Crippen LogP contribution in [-0.4, -0.2) is 32.7 Å². The molecule has 1 heterocycles. The molecule has 0 bridgehead atoms. The van der Waals surface area contributed by atoms with E-state index in [-0.39, 0.29) is 16.8 Å². The minimum Gasteiger partial charge on any atom is -0.497 e. The summed E-state index contributed by atoms with van der Waals surface area (Å²) in [6.07, 6.45) is 1.17. The summed E-state index contributed by atoms with van der Waals surface area (Å²) in [5.74, 6) is 0.510. The number of carbonyl (C=O) groups excluding carboxylic acids is 1. The van der Waals surface area contributed by atoms with Crippen LogP contribution < -0.4 is 10.1 Å². The van der Waals surface area contributed by atoms with Gasteiger partial charge < -0.3 is 10.1 Å². The van der Waals surface area contributed by atoms with E-state index in [9.17, 15) is 13.2 Å². The first-order chi connectivity index (χ1) is 15.8. The molecule has 168 valence electrons. The number of aromatic nitrogens is 1. The summed E-state index contributed by atoms with van der Waals surface area (Å²) in [6.45, 7) is 1.86. The minimum atomic E-state index is -3.27. The van der Waals surface area contributed by atoms with Crippen LogP contribution in [0.3, 0.4) is 0 Å². The number of hydrogen-bond donors (Lipinski definition) is 1. The van der Waals surface area contributed by atoms with Crippen molar-refractivity contribution in [1.29, 1.82) is 0 Å². The van der Waals surface area contributed by atoms with Gasteiger partial charge in [0.15, 0.2) is 9.84 Å². The zero-order chi connectivity index (χ0) is 23.6. The quantitative estimate of drug-likeness (QED) is 0.447. The van der Waals surface area contributed by atoms with Crippen molar-refractivity contribution < 1.29 is 17.9 Å². The number of sulfone groups is 1. The molecule has 0 aliphatic carbocycles. The van der Waals surface area contributed by atoms with Gasteiger partial charge in [-0.1, -0.05) is 30.3 Å². The first-order valence-corrected chi connectivity index (χ1v) is 12.3. The molecule has 4 aromatic rings. The zero-order valence-corrected chi connectivity index (χ0v) is 19.4. The van der Waals surface area contributed by atoms with Crippen LogP contribution in [0.2, 0.25) is 0 Å². The van der Waals surface area contributed by atoms with Crippen molar-refractivity contribution >= 4 is 26.6 Å². The Morgan fingerprint density at radius 3 is 2.27 bits per heavy atom. The maximum Gasteiger partial charge on any atom is 0.252 e. The van der Waals surface area contributed by atoms with Crippen molar-refractivity contribution in [2.45, 2.75) is 17.9 Å². The van der Waals surface area contributed by atoms with E-state index in [0.717, 1.165) is 27.8 Å². The predicted molar refractivity (Wildman–Crippen MR) is 129 cm³/mol. The van der Waals surface area contributed by atoms with Crippen LogP contribution in [-0.2, 0) is 9.84 Å². The van der Waals surface area contributed by atoms with Crippen LogP contribution in [0.25, 0.3) is 22.2 Å². The van der Waals surface area contributed by atoms with Crippen molar-refractivity contribution in [3.05, 3.63) is 90.0 Å².